The minimum Gasteiger partial charge on any atom is -0.265 e. The van der Waals surface area contributed by atoms with Crippen LogP contribution in [0.3, 0.4) is 0 Å². The number of hydrogen-bond acceptors (Lipinski definition) is 3. The molecular formula is C18H19ClFN3. The molecule has 0 saturated heterocycles. The molecule has 1 unspecified atom stereocenters. The summed E-state index contributed by atoms with van der Waals surface area (Å²) < 4.78 is 15.7. The molecule has 3 aliphatic rings. The van der Waals surface area contributed by atoms with Crippen LogP contribution in [0.4, 0.5) is 10.2 Å². The van der Waals surface area contributed by atoms with E-state index in [-0.39, 0.29) is 5.82 Å². The van der Waals surface area contributed by atoms with E-state index < -0.39 is 0 Å². The minimum atomic E-state index is -0.317. The molecule has 3 saturated carbocycles. The summed E-state index contributed by atoms with van der Waals surface area (Å²) in [4.78, 5) is 8.71. The molecule has 0 aliphatic heterocycles. The minimum absolute atomic E-state index is 0.317. The van der Waals surface area contributed by atoms with Gasteiger partial charge in [0.1, 0.15) is 11.6 Å². The summed E-state index contributed by atoms with van der Waals surface area (Å²) in [6.45, 7) is 0. The van der Waals surface area contributed by atoms with Gasteiger partial charge in [0.2, 0.25) is 0 Å². The van der Waals surface area contributed by atoms with Crippen LogP contribution >= 0.6 is 11.8 Å². The van der Waals surface area contributed by atoms with Crippen molar-refractivity contribution in [3.63, 3.8) is 0 Å². The Morgan fingerprint density at radius 1 is 1.09 bits per heavy atom. The summed E-state index contributed by atoms with van der Waals surface area (Å²) in [6.07, 6.45) is 7.95. The molecule has 2 aromatic rings. The average Bonchev–Trinajstić information content (AvgIpc) is 2.62. The van der Waals surface area contributed by atoms with Gasteiger partial charge in [-0.1, -0.05) is 25.0 Å². The molecule has 5 rings (SSSR count). The summed E-state index contributed by atoms with van der Waals surface area (Å²) in [7, 11) is 0. The molecule has 0 spiro atoms. The maximum absolute atomic E-state index is 14.0. The Hall–Kier alpha value is -1.68. The van der Waals surface area contributed by atoms with Gasteiger partial charge in [-0.25, -0.2) is 14.4 Å². The van der Waals surface area contributed by atoms with E-state index in [0.29, 0.717) is 29.2 Å². The molecule has 3 nitrogen and oxygen atoms in total. The van der Waals surface area contributed by atoms with E-state index in [9.17, 15) is 4.39 Å². The summed E-state index contributed by atoms with van der Waals surface area (Å²) in [5, 5.41) is 0. The molecule has 3 aliphatic carbocycles. The highest BCUT2D eigenvalue weighted by Gasteiger charge is 2.39. The van der Waals surface area contributed by atoms with Crippen LogP contribution < -0.4 is 4.42 Å². The van der Waals surface area contributed by atoms with Crippen molar-refractivity contribution >= 4 is 17.6 Å². The Labute approximate surface area is 140 Å². The van der Waals surface area contributed by atoms with E-state index in [1.165, 1.54) is 31.7 Å². The van der Waals surface area contributed by atoms with E-state index in [4.69, 9.17) is 11.8 Å². The zero-order valence-electron chi connectivity index (χ0n) is 12.8. The molecule has 120 valence electrons. The van der Waals surface area contributed by atoms with Gasteiger partial charge in [-0.2, -0.15) is 0 Å². The summed E-state index contributed by atoms with van der Waals surface area (Å²) in [5.41, 5.74) is 0.407. The first-order valence-electron chi connectivity index (χ1n) is 8.25. The van der Waals surface area contributed by atoms with Crippen LogP contribution in [0.15, 0.2) is 36.5 Å². The van der Waals surface area contributed by atoms with Crippen molar-refractivity contribution in [3.8, 4) is 11.4 Å². The van der Waals surface area contributed by atoms with Crippen molar-refractivity contribution < 1.29 is 4.39 Å². The third-order valence-corrected chi connectivity index (χ3v) is 5.70. The van der Waals surface area contributed by atoms with Crippen LogP contribution in [0.2, 0.25) is 0 Å². The SMILES string of the molecule is Fc1ccccc1-c1nccc(N(Cl)C2CC3CCC2CC3)n1. The molecule has 0 N–H and O–H groups in total. The quantitative estimate of drug-likeness (QED) is 0.755. The predicted molar refractivity (Wildman–Crippen MR) is 89.6 cm³/mol. The van der Waals surface area contributed by atoms with E-state index in [1.807, 2.05) is 0 Å². The smallest absolute Gasteiger partial charge is 0.164 e. The molecule has 5 heteroatoms. The fourth-order valence-corrected chi connectivity index (χ4v) is 4.36. The second kappa shape index (κ2) is 6.08. The predicted octanol–water partition coefficient (Wildman–Crippen LogP) is 4.82. The van der Waals surface area contributed by atoms with Crippen molar-refractivity contribution in [3.05, 3.63) is 42.3 Å². The van der Waals surface area contributed by atoms with Gasteiger partial charge in [0, 0.05) is 24.0 Å². The van der Waals surface area contributed by atoms with E-state index in [2.05, 4.69) is 9.97 Å². The lowest BCUT2D eigenvalue weighted by molar-refractivity contribution is 0.149. The Balaban J connectivity index is 1.62. The number of fused-ring (bicyclic) bond motifs is 3. The molecule has 23 heavy (non-hydrogen) atoms. The Bertz CT molecular complexity index is 700. The highest BCUT2D eigenvalue weighted by atomic mass is 35.5. The number of hydrogen-bond donors (Lipinski definition) is 0. The summed E-state index contributed by atoms with van der Waals surface area (Å²) in [6, 6.07) is 8.69. The van der Waals surface area contributed by atoms with Crippen molar-refractivity contribution in [2.45, 2.75) is 38.1 Å². The normalized spacial score (nSPS) is 26.3. The molecule has 2 bridgehead atoms. The standard InChI is InChI=1S/C18H19ClFN3/c19-23(16-11-12-5-7-13(16)8-6-12)17-9-10-21-18(22-17)14-3-1-2-4-15(14)20/h1-4,9-10,12-13,16H,5-8,11H2. The van der Waals surface area contributed by atoms with Gasteiger partial charge in [-0.05, 0) is 43.2 Å². The first-order valence-corrected chi connectivity index (χ1v) is 8.59. The maximum atomic E-state index is 14.0. The van der Waals surface area contributed by atoms with Gasteiger partial charge in [0.25, 0.3) is 0 Å². The summed E-state index contributed by atoms with van der Waals surface area (Å²) in [5.74, 6) is 2.16. The zero-order chi connectivity index (χ0) is 15.8. The number of rotatable bonds is 3. The van der Waals surface area contributed by atoms with Crippen LogP contribution in [0.1, 0.15) is 32.1 Å². The van der Waals surface area contributed by atoms with Crippen LogP contribution in [-0.2, 0) is 0 Å². The lowest BCUT2D eigenvalue weighted by Gasteiger charge is -2.45. The van der Waals surface area contributed by atoms with Crippen molar-refractivity contribution in [2.75, 3.05) is 4.42 Å². The maximum Gasteiger partial charge on any atom is 0.164 e. The average molecular weight is 332 g/mol. The van der Waals surface area contributed by atoms with Gasteiger partial charge in [0.05, 0.1) is 11.6 Å². The van der Waals surface area contributed by atoms with Crippen molar-refractivity contribution in [1.29, 1.82) is 0 Å². The Morgan fingerprint density at radius 2 is 1.87 bits per heavy atom. The second-order valence-corrected chi connectivity index (χ2v) is 6.98. The summed E-state index contributed by atoms with van der Waals surface area (Å²) >= 11 is 6.63. The second-order valence-electron chi connectivity index (χ2n) is 6.61. The third kappa shape index (κ3) is 2.80. The van der Waals surface area contributed by atoms with Crippen LogP contribution in [0.5, 0.6) is 0 Å². The number of halogens is 2. The number of benzene rings is 1. The van der Waals surface area contributed by atoms with Crippen LogP contribution in [0.25, 0.3) is 11.4 Å². The van der Waals surface area contributed by atoms with Crippen LogP contribution in [0, 0.1) is 17.7 Å². The van der Waals surface area contributed by atoms with Gasteiger partial charge in [-0.15, -0.1) is 0 Å². The van der Waals surface area contributed by atoms with Gasteiger partial charge < -0.3 is 0 Å². The molecular weight excluding hydrogens is 313 g/mol. The Morgan fingerprint density at radius 3 is 2.57 bits per heavy atom. The van der Waals surface area contributed by atoms with Crippen molar-refractivity contribution in [2.24, 2.45) is 11.8 Å². The van der Waals surface area contributed by atoms with E-state index in [0.717, 1.165) is 12.3 Å². The van der Waals surface area contributed by atoms with E-state index >= 15 is 0 Å². The first-order chi connectivity index (χ1) is 11.2. The topological polar surface area (TPSA) is 29.0 Å². The molecule has 0 amide bonds. The lowest BCUT2D eigenvalue weighted by Crippen LogP contribution is -2.43. The number of nitrogens with zero attached hydrogens (tertiary/aromatic N) is 3. The van der Waals surface area contributed by atoms with Gasteiger partial charge in [0.15, 0.2) is 5.82 Å². The molecule has 0 radical (unpaired) electrons. The molecule has 1 heterocycles. The molecule has 3 fully saturated rings. The number of anilines is 1. The van der Waals surface area contributed by atoms with E-state index in [1.54, 1.807) is 34.9 Å². The monoisotopic (exact) mass is 331 g/mol. The highest BCUT2D eigenvalue weighted by Crippen LogP contribution is 2.44. The largest absolute Gasteiger partial charge is 0.265 e. The van der Waals surface area contributed by atoms with Gasteiger partial charge in [-0.3, -0.25) is 4.42 Å². The third-order valence-electron chi connectivity index (χ3n) is 5.28. The highest BCUT2D eigenvalue weighted by molar-refractivity contribution is 6.25. The Kier molecular flexibility index (Phi) is 3.93. The fraction of sp³-hybridized carbons (Fsp3) is 0.444. The zero-order valence-corrected chi connectivity index (χ0v) is 13.6. The molecule has 1 aromatic carbocycles. The fourth-order valence-electron chi connectivity index (χ4n) is 4.03. The first kappa shape index (κ1) is 14.9. The van der Waals surface area contributed by atoms with Crippen LogP contribution in [-0.4, -0.2) is 16.0 Å². The van der Waals surface area contributed by atoms with Crippen molar-refractivity contribution in [1.82, 2.24) is 9.97 Å². The molecule has 1 aromatic heterocycles. The molecule has 1 atom stereocenters. The number of aromatic nitrogens is 2. The van der Waals surface area contributed by atoms with Gasteiger partial charge >= 0.3 is 0 Å². The lowest BCUT2D eigenvalue weighted by atomic mass is 9.68.